The van der Waals surface area contributed by atoms with Crippen LogP contribution in [0.5, 0.6) is 0 Å². The molecule has 0 saturated heterocycles. The van der Waals surface area contributed by atoms with Crippen molar-refractivity contribution in [1.29, 1.82) is 0 Å². The van der Waals surface area contributed by atoms with Gasteiger partial charge in [0, 0.05) is 26.7 Å². The number of hydrogen-bond acceptors (Lipinski definition) is 4. The molecule has 2 N–H and O–H groups in total. The fourth-order valence-electron chi connectivity index (χ4n) is 2.13. The molecule has 3 aromatic rings. The number of carboxylic acids is 1. The number of benzene rings is 1. The summed E-state index contributed by atoms with van der Waals surface area (Å²) in [4.78, 5) is 16.2. The summed E-state index contributed by atoms with van der Waals surface area (Å²) in [5, 5.41) is 19.3. The van der Waals surface area contributed by atoms with Crippen LogP contribution in [0.1, 0.15) is 15.2 Å². The Balaban J connectivity index is 2.21. The molecule has 1 aromatic carbocycles. The van der Waals surface area contributed by atoms with E-state index in [-0.39, 0.29) is 12.2 Å². The van der Waals surface area contributed by atoms with Crippen LogP contribution in [0.4, 0.5) is 0 Å². The summed E-state index contributed by atoms with van der Waals surface area (Å²) in [7, 11) is 0. The zero-order valence-electron chi connectivity index (χ0n) is 10.4. The van der Waals surface area contributed by atoms with E-state index in [1.807, 2.05) is 24.3 Å². The van der Waals surface area contributed by atoms with E-state index < -0.39 is 5.97 Å². The first-order chi connectivity index (χ1) is 9.69. The van der Waals surface area contributed by atoms with Crippen molar-refractivity contribution < 1.29 is 15.0 Å². The molecule has 0 bridgehead atoms. The van der Waals surface area contributed by atoms with E-state index >= 15 is 0 Å². The highest BCUT2D eigenvalue weighted by molar-refractivity contribution is 7.19. The molecule has 2 aromatic heterocycles. The molecule has 0 aliphatic carbocycles. The van der Waals surface area contributed by atoms with Gasteiger partial charge in [-0.05, 0) is 24.3 Å². The number of nitrogens with zero attached hydrogens (tertiary/aromatic N) is 1. The summed E-state index contributed by atoms with van der Waals surface area (Å²) in [6.45, 7) is 0.00137. The lowest BCUT2D eigenvalue weighted by Crippen LogP contribution is -1.97. The summed E-state index contributed by atoms with van der Waals surface area (Å²) in [5.74, 6) is -0.970. The number of thiophene rings is 1. The standard InChI is InChI=1S/C15H11NO3S/c17-8-10-7-12-11(2-1-3-14(12)20-10)13-6-9(15(18)19)4-5-16-13/h1-7,17H,8H2,(H,18,19). The number of carbonyl (C=O) groups is 1. The van der Waals surface area contributed by atoms with Crippen LogP contribution in [0.15, 0.2) is 42.6 Å². The van der Waals surface area contributed by atoms with Gasteiger partial charge in [0.2, 0.25) is 0 Å². The van der Waals surface area contributed by atoms with E-state index in [9.17, 15) is 9.90 Å². The van der Waals surface area contributed by atoms with Crippen molar-refractivity contribution in [2.45, 2.75) is 6.61 Å². The molecule has 2 heterocycles. The number of fused-ring (bicyclic) bond motifs is 1. The van der Waals surface area contributed by atoms with Crippen LogP contribution in [-0.4, -0.2) is 21.2 Å². The number of hydrogen-bond donors (Lipinski definition) is 2. The van der Waals surface area contributed by atoms with E-state index in [0.717, 1.165) is 20.5 Å². The maximum Gasteiger partial charge on any atom is 0.335 e. The van der Waals surface area contributed by atoms with Crippen molar-refractivity contribution >= 4 is 27.4 Å². The maximum atomic E-state index is 11.0. The summed E-state index contributed by atoms with van der Waals surface area (Å²) in [6.07, 6.45) is 1.50. The van der Waals surface area contributed by atoms with E-state index in [4.69, 9.17) is 5.11 Å². The molecular weight excluding hydrogens is 274 g/mol. The van der Waals surface area contributed by atoms with Gasteiger partial charge >= 0.3 is 5.97 Å². The fraction of sp³-hybridized carbons (Fsp3) is 0.0667. The molecule has 100 valence electrons. The second-order valence-electron chi connectivity index (χ2n) is 4.32. The van der Waals surface area contributed by atoms with Crippen molar-refractivity contribution in [2.24, 2.45) is 0 Å². The summed E-state index contributed by atoms with van der Waals surface area (Å²) >= 11 is 1.52. The summed E-state index contributed by atoms with van der Waals surface area (Å²) in [5.41, 5.74) is 1.71. The monoisotopic (exact) mass is 285 g/mol. The highest BCUT2D eigenvalue weighted by Gasteiger charge is 2.10. The van der Waals surface area contributed by atoms with Crippen molar-refractivity contribution in [3.8, 4) is 11.3 Å². The van der Waals surface area contributed by atoms with Crippen molar-refractivity contribution in [3.05, 3.63) is 53.0 Å². The van der Waals surface area contributed by atoms with E-state index in [2.05, 4.69) is 4.98 Å². The SMILES string of the molecule is O=C(O)c1ccnc(-c2cccc3sc(CO)cc23)c1. The van der Waals surface area contributed by atoms with Gasteiger partial charge in [-0.1, -0.05) is 12.1 Å². The molecule has 4 nitrogen and oxygen atoms in total. The Bertz CT molecular complexity index is 795. The van der Waals surface area contributed by atoms with Gasteiger partial charge in [0.25, 0.3) is 0 Å². The molecule has 5 heteroatoms. The molecule has 0 aliphatic heterocycles. The van der Waals surface area contributed by atoms with Crippen LogP contribution in [0.2, 0.25) is 0 Å². The van der Waals surface area contributed by atoms with Crippen LogP contribution in [0.3, 0.4) is 0 Å². The van der Waals surface area contributed by atoms with Gasteiger partial charge in [-0.15, -0.1) is 11.3 Å². The number of pyridine rings is 1. The first kappa shape index (κ1) is 12.8. The minimum Gasteiger partial charge on any atom is -0.478 e. The van der Waals surface area contributed by atoms with Gasteiger partial charge < -0.3 is 10.2 Å². The van der Waals surface area contributed by atoms with E-state index in [1.54, 1.807) is 6.07 Å². The molecule has 0 amide bonds. The Hall–Kier alpha value is -2.24. The third kappa shape index (κ3) is 2.17. The predicted molar refractivity (Wildman–Crippen MR) is 77.9 cm³/mol. The largest absolute Gasteiger partial charge is 0.478 e. The van der Waals surface area contributed by atoms with Crippen LogP contribution in [0.25, 0.3) is 21.3 Å². The van der Waals surface area contributed by atoms with Gasteiger partial charge in [0.1, 0.15) is 0 Å². The average Bonchev–Trinajstić information content (AvgIpc) is 2.90. The highest BCUT2D eigenvalue weighted by Crippen LogP contribution is 2.33. The quantitative estimate of drug-likeness (QED) is 0.775. The summed E-state index contributed by atoms with van der Waals surface area (Å²) < 4.78 is 1.05. The Kier molecular flexibility index (Phi) is 3.22. The second kappa shape index (κ2) is 5.03. The summed E-state index contributed by atoms with van der Waals surface area (Å²) in [6, 6.07) is 10.7. The molecule has 0 spiro atoms. The molecule has 0 atom stereocenters. The normalized spacial score (nSPS) is 10.8. The van der Waals surface area contributed by atoms with Crippen molar-refractivity contribution in [1.82, 2.24) is 4.98 Å². The Labute approximate surface area is 119 Å². The van der Waals surface area contributed by atoms with E-state index in [1.165, 1.54) is 23.6 Å². The smallest absolute Gasteiger partial charge is 0.335 e. The number of aliphatic hydroxyl groups excluding tert-OH is 1. The van der Waals surface area contributed by atoms with Gasteiger partial charge in [-0.25, -0.2) is 4.79 Å². The zero-order chi connectivity index (χ0) is 14.1. The molecule has 0 saturated carbocycles. The maximum absolute atomic E-state index is 11.0. The lowest BCUT2D eigenvalue weighted by Gasteiger charge is -2.03. The first-order valence-electron chi connectivity index (χ1n) is 6.01. The molecule has 0 unspecified atom stereocenters. The lowest BCUT2D eigenvalue weighted by atomic mass is 10.1. The highest BCUT2D eigenvalue weighted by atomic mass is 32.1. The molecule has 0 fully saturated rings. The van der Waals surface area contributed by atoms with Gasteiger partial charge in [-0.2, -0.15) is 0 Å². The topological polar surface area (TPSA) is 70.4 Å². The number of rotatable bonds is 3. The molecule has 3 rings (SSSR count). The van der Waals surface area contributed by atoms with Crippen molar-refractivity contribution in [2.75, 3.05) is 0 Å². The molecular formula is C15H11NO3S. The Morgan fingerprint density at radius 2 is 2.10 bits per heavy atom. The number of aliphatic hydroxyl groups is 1. The van der Waals surface area contributed by atoms with Gasteiger partial charge in [0.05, 0.1) is 17.9 Å². The lowest BCUT2D eigenvalue weighted by molar-refractivity contribution is 0.0697. The van der Waals surface area contributed by atoms with Crippen LogP contribution in [-0.2, 0) is 6.61 Å². The van der Waals surface area contributed by atoms with E-state index in [0.29, 0.717) is 5.69 Å². The minimum absolute atomic E-state index is 0.00137. The van der Waals surface area contributed by atoms with Crippen LogP contribution >= 0.6 is 11.3 Å². The van der Waals surface area contributed by atoms with Gasteiger partial charge in [0.15, 0.2) is 0 Å². The third-order valence-corrected chi connectivity index (χ3v) is 4.14. The van der Waals surface area contributed by atoms with Crippen LogP contribution < -0.4 is 0 Å². The first-order valence-corrected chi connectivity index (χ1v) is 6.82. The Morgan fingerprint density at radius 3 is 2.85 bits per heavy atom. The Morgan fingerprint density at radius 1 is 1.25 bits per heavy atom. The van der Waals surface area contributed by atoms with Crippen LogP contribution in [0, 0.1) is 0 Å². The zero-order valence-corrected chi connectivity index (χ0v) is 11.2. The average molecular weight is 285 g/mol. The molecule has 0 aliphatic rings. The second-order valence-corrected chi connectivity index (χ2v) is 5.49. The fourth-order valence-corrected chi connectivity index (χ4v) is 3.07. The van der Waals surface area contributed by atoms with Gasteiger partial charge in [-0.3, -0.25) is 4.98 Å². The minimum atomic E-state index is -0.970. The van der Waals surface area contributed by atoms with Crippen molar-refractivity contribution in [3.63, 3.8) is 0 Å². The third-order valence-electron chi connectivity index (χ3n) is 3.05. The number of aromatic carboxylic acids is 1. The molecule has 20 heavy (non-hydrogen) atoms. The molecule has 0 radical (unpaired) electrons. The predicted octanol–water partition coefficient (Wildman–Crippen LogP) is 3.15. The number of aromatic nitrogens is 1. The number of carboxylic acid groups (broad SMARTS) is 1.